The molecule has 0 aliphatic rings. The fourth-order valence-corrected chi connectivity index (χ4v) is 2.92. The van der Waals surface area contributed by atoms with E-state index in [1.807, 2.05) is 48.5 Å². The molecule has 1 heterocycles. The number of carbonyl (C=O) groups is 1. The number of rotatable bonds is 9. The highest BCUT2D eigenvalue weighted by atomic mass is 16.5. The fourth-order valence-electron chi connectivity index (χ4n) is 2.92. The van der Waals surface area contributed by atoms with Gasteiger partial charge in [-0.15, -0.1) is 0 Å². The topological polar surface area (TPSA) is 67.4 Å². The number of amides is 1. The Labute approximate surface area is 171 Å². The van der Waals surface area contributed by atoms with Crippen LogP contribution in [0.15, 0.2) is 67.0 Å². The standard InChI is InChI=1S/C23H26N4O2/c1-3-14-27(15-4-2)23-24-16-18(17-25-23)22(28)26-20-12-8-9-13-21(20)29-19-10-6-5-7-11-19/h5-13,16-17H,3-4,14-15H2,1-2H3,(H,26,28). The van der Waals surface area contributed by atoms with Crippen molar-refractivity contribution in [1.29, 1.82) is 0 Å². The molecule has 1 aromatic heterocycles. The summed E-state index contributed by atoms with van der Waals surface area (Å²) in [6, 6.07) is 16.8. The molecule has 0 aliphatic heterocycles. The van der Waals surface area contributed by atoms with Crippen LogP contribution in [0.5, 0.6) is 11.5 Å². The van der Waals surface area contributed by atoms with Crippen LogP contribution in [0.2, 0.25) is 0 Å². The van der Waals surface area contributed by atoms with Crippen LogP contribution in [0.4, 0.5) is 11.6 Å². The van der Waals surface area contributed by atoms with Crippen molar-refractivity contribution >= 4 is 17.5 Å². The summed E-state index contributed by atoms with van der Waals surface area (Å²) in [6.07, 6.45) is 5.17. The van der Waals surface area contributed by atoms with E-state index in [-0.39, 0.29) is 5.91 Å². The average Bonchev–Trinajstić information content (AvgIpc) is 2.76. The number of hydrogen-bond acceptors (Lipinski definition) is 5. The predicted octanol–water partition coefficient (Wildman–Crippen LogP) is 5.15. The molecule has 0 saturated heterocycles. The van der Waals surface area contributed by atoms with Gasteiger partial charge in [-0.1, -0.05) is 44.2 Å². The maximum absolute atomic E-state index is 12.7. The third-order valence-corrected chi connectivity index (χ3v) is 4.28. The van der Waals surface area contributed by atoms with Crippen LogP contribution >= 0.6 is 0 Å². The van der Waals surface area contributed by atoms with Crippen molar-refractivity contribution in [1.82, 2.24) is 9.97 Å². The lowest BCUT2D eigenvalue weighted by molar-refractivity contribution is 0.102. The van der Waals surface area contributed by atoms with Gasteiger partial charge in [0.2, 0.25) is 5.95 Å². The summed E-state index contributed by atoms with van der Waals surface area (Å²) in [5, 5.41) is 2.89. The molecule has 0 saturated carbocycles. The van der Waals surface area contributed by atoms with E-state index < -0.39 is 0 Å². The molecule has 0 spiro atoms. The summed E-state index contributed by atoms with van der Waals surface area (Å²) in [7, 11) is 0. The molecular weight excluding hydrogens is 364 g/mol. The zero-order valence-corrected chi connectivity index (χ0v) is 16.8. The molecule has 0 bridgehead atoms. The summed E-state index contributed by atoms with van der Waals surface area (Å²) in [4.78, 5) is 23.6. The minimum atomic E-state index is -0.279. The van der Waals surface area contributed by atoms with E-state index >= 15 is 0 Å². The van der Waals surface area contributed by atoms with Crippen LogP contribution in [0.25, 0.3) is 0 Å². The third kappa shape index (κ3) is 5.54. The highest BCUT2D eigenvalue weighted by Crippen LogP contribution is 2.29. The number of carbonyl (C=O) groups excluding carboxylic acids is 1. The Kier molecular flexibility index (Phi) is 7.16. The number of aromatic nitrogens is 2. The van der Waals surface area contributed by atoms with E-state index in [1.54, 1.807) is 18.5 Å². The second kappa shape index (κ2) is 10.2. The Bertz CT molecular complexity index is 908. The number of para-hydroxylation sites is 3. The van der Waals surface area contributed by atoms with Crippen LogP contribution in [-0.2, 0) is 0 Å². The van der Waals surface area contributed by atoms with Gasteiger partial charge in [0.15, 0.2) is 5.75 Å². The number of nitrogens with zero attached hydrogens (tertiary/aromatic N) is 3. The van der Waals surface area contributed by atoms with Gasteiger partial charge in [-0.3, -0.25) is 4.79 Å². The van der Waals surface area contributed by atoms with Gasteiger partial charge in [-0.25, -0.2) is 9.97 Å². The van der Waals surface area contributed by atoms with Crippen LogP contribution in [0, 0.1) is 0 Å². The number of benzene rings is 2. The first-order valence-corrected chi connectivity index (χ1v) is 9.91. The molecule has 3 aromatic rings. The lowest BCUT2D eigenvalue weighted by Gasteiger charge is -2.21. The van der Waals surface area contributed by atoms with Crippen LogP contribution < -0.4 is 15.0 Å². The number of anilines is 2. The number of ether oxygens (including phenoxy) is 1. The van der Waals surface area contributed by atoms with Gasteiger partial charge >= 0.3 is 0 Å². The molecule has 2 aromatic carbocycles. The lowest BCUT2D eigenvalue weighted by Crippen LogP contribution is -2.27. The van der Waals surface area contributed by atoms with Gasteiger partial charge in [-0.05, 0) is 37.1 Å². The molecule has 6 nitrogen and oxygen atoms in total. The molecule has 0 radical (unpaired) electrons. The first-order chi connectivity index (χ1) is 14.2. The normalized spacial score (nSPS) is 10.4. The van der Waals surface area contributed by atoms with Gasteiger partial charge in [0.25, 0.3) is 5.91 Å². The van der Waals surface area contributed by atoms with Crippen molar-refractivity contribution in [2.75, 3.05) is 23.3 Å². The lowest BCUT2D eigenvalue weighted by atomic mass is 10.2. The van der Waals surface area contributed by atoms with E-state index in [0.29, 0.717) is 28.7 Å². The van der Waals surface area contributed by atoms with Crippen molar-refractivity contribution in [3.05, 3.63) is 72.6 Å². The van der Waals surface area contributed by atoms with E-state index in [1.165, 1.54) is 0 Å². The zero-order chi connectivity index (χ0) is 20.5. The van der Waals surface area contributed by atoms with Gasteiger partial charge < -0.3 is 15.0 Å². The summed E-state index contributed by atoms with van der Waals surface area (Å²) in [5.41, 5.74) is 0.986. The monoisotopic (exact) mass is 390 g/mol. The van der Waals surface area contributed by atoms with E-state index in [0.717, 1.165) is 25.9 Å². The molecule has 1 amide bonds. The molecular formula is C23H26N4O2. The van der Waals surface area contributed by atoms with Crippen molar-refractivity contribution in [3.63, 3.8) is 0 Å². The first kappa shape index (κ1) is 20.3. The van der Waals surface area contributed by atoms with Crippen molar-refractivity contribution in [2.24, 2.45) is 0 Å². The molecule has 0 unspecified atom stereocenters. The second-order valence-electron chi connectivity index (χ2n) is 6.62. The van der Waals surface area contributed by atoms with E-state index in [4.69, 9.17) is 4.74 Å². The van der Waals surface area contributed by atoms with E-state index in [9.17, 15) is 4.79 Å². The van der Waals surface area contributed by atoms with Crippen molar-refractivity contribution in [3.8, 4) is 11.5 Å². The van der Waals surface area contributed by atoms with Crippen LogP contribution in [-0.4, -0.2) is 29.0 Å². The Morgan fingerprint density at radius 2 is 1.55 bits per heavy atom. The van der Waals surface area contributed by atoms with Crippen molar-refractivity contribution in [2.45, 2.75) is 26.7 Å². The highest BCUT2D eigenvalue weighted by molar-refractivity contribution is 6.04. The zero-order valence-electron chi connectivity index (χ0n) is 16.8. The number of hydrogen-bond donors (Lipinski definition) is 1. The maximum Gasteiger partial charge on any atom is 0.258 e. The summed E-state index contributed by atoms with van der Waals surface area (Å²) in [6.45, 7) is 6.03. The minimum absolute atomic E-state index is 0.279. The Hall–Kier alpha value is -3.41. The molecule has 6 heteroatoms. The van der Waals surface area contributed by atoms with Crippen molar-refractivity contribution < 1.29 is 9.53 Å². The van der Waals surface area contributed by atoms with Crippen LogP contribution in [0.3, 0.4) is 0 Å². The fraction of sp³-hybridized carbons (Fsp3) is 0.261. The maximum atomic E-state index is 12.7. The smallest absolute Gasteiger partial charge is 0.258 e. The van der Waals surface area contributed by atoms with Crippen LogP contribution in [0.1, 0.15) is 37.0 Å². The highest BCUT2D eigenvalue weighted by Gasteiger charge is 2.13. The quantitative estimate of drug-likeness (QED) is 0.547. The Balaban J connectivity index is 1.72. The largest absolute Gasteiger partial charge is 0.455 e. The molecule has 0 aliphatic carbocycles. The predicted molar refractivity (Wildman–Crippen MR) is 116 cm³/mol. The molecule has 1 N–H and O–H groups in total. The SMILES string of the molecule is CCCN(CCC)c1ncc(C(=O)Nc2ccccc2Oc2ccccc2)cn1. The first-order valence-electron chi connectivity index (χ1n) is 9.91. The molecule has 0 fully saturated rings. The Morgan fingerprint density at radius 1 is 0.931 bits per heavy atom. The third-order valence-electron chi connectivity index (χ3n) is 4.28. The number of nitrogens with one attached hydrogen (secondary N) is 1. The van der Waals surface area contributed by atoms with E-state index in [2.05, 4.69) is 34.0 Å². The van der Waals surface area contributed by atoms with Gasteiger partial charge in [0, 0.05) is 25.5 Å². The Morgan fingerprint density at radius 3 is 2.21 bits per heavy atom. The van der Waals surface area contributed by atoms with Gasteiger partial charge in [0.1, 0.15) is 5.75 Å². The van der Waals surface area contributed by atoms with Gasteiger partial charge in [-0.2, -0.15) is 0 Å². The minimum Gasteiger partial charge on any atom is -0.455 e. The molecule has 150 valence electrons. The molecule has 0 atom stereocenters. The van der Waals surface area contributed by atoms with Gasteiger partial charge in [0.05, 0.1) is 11.3 Å². The molecule has 29 heavy (non-hydrogen) atoms. The molecule has 3 rings (SSSR count). The summed E-state index contributed by atoms with van der Waals surface area (Å²) in [5.74, 6) is 1.65. The average molecular weight is 390 g/mol. The second-order valence-corrected chi connectivity index (χ2v) is 6.62. The summed E-state index contributed by atoms with van der Waals surface area (Å²) >= 11 is 0. The summed E-state index contributed by atoms with van der Waals surface area (Å²) < 4.78 is 5.90.